The number of ether oxygens (including phenoxy) is 1. The van der Waals surface area contributed by atoms with Crippen LogP contribution in [0.2, 0.25) is 0 Å². The Kier molecular flexibility index (Phi) is 6.94. The highest BCUT2D eigenvalue weighted by Gasteiger charge is 2.26. The molecule has 0 aliphatic carbocycles. The number of carbonyl (C=O) groups excluding carboxylic acids is 2. The van der Waals surface area contributed by atoms with Gasteiger partial charge in [-0.2, -0.15) is 0 Å². The maximum absolute atomic E-state index is 12.6. The number of hydrogen-bond acceptors (Lipinski definition) is 7. The second kappa shape index (κ2) is 9.21. The largest absolute Gasteiger partial charge is 0.504 e. The molecule has 8 heteroatoms. The zero-order chi connectivity index (χ0) is 22.5. The summed E-state index contributed by atoms with van der Waals surface area (Å²) in [6.45, 7) is 5.11. The van der Waals surface area contributed by atoms with Crippen LogP contribution >= 0.6 is 0 Å². The average molecular weight is 415 g/mol. The van der Waals surface area contributed by atoms with Crippen LogP contribution in [0.5, 0.6) is 23.0 Å². The van der Waals surface area contributed by atoms with E-state index in [0.717, 1.165) is 0 Å². The Morgan fingerprint density at radius 2 is 1.57 bits per heavy atom. The lowest BCUT2D eigenvalue weighted by molar-refractivity contribution is -0.158. The second-order valence-corrected chi connectivity index (χ2v) is 7.70. The SMILES string of the molecule is CC(C)(C)OC(=O)C(Cc1ccc(O)c(O)c1)NC(=O)C=Cc1ccc(O)c(O)c1. The van der Waals surface area contributed by atoms with Crippen molar-refractivity contribution in [3.05, 3.63) is 53.6 Å². The van der Waals surface area contributed by atoms with Gasteiger partial charge in [0.05, 0.1) is 0 Å². The molecule has 0 aliphatic rings. The third-order valence-electron chi connectivity index (χ3n) is 3.91. The van der Waals surface area contributed by atoms with E-state index in [4.69, 9.17) is 4.74 Å². The molecule has 0 saturated heterocycles. The number of hydrogen-bond donors (Lipinski definition) is 5. The molecule has 0 aromatic heterocycles. The third-order valence-corrected chi connectivity index (χ3v) is 3.91. The molecule has 0 saturated carbocycles. The Labute approximate surface area is 174 Å². The number of amides is 1. The van der Waals surface area contributed by atoms with Gasteiger partial charge >= 0.3 is 5.97 Å². The molecule has 1 atom stereocenters. The Bertz CT molecular complexity index is 960. The zero-order valence-corrected chi connectivity index (χ0v) is 16.9. The Balaban J connectivity index is 2.17. The molecular formula is C22H25NO7. The van der Waals surface area contributed by atoms with Gasteiger partial charge in [0.1, 0.15) is 11.6 Å². The Morgan fingerprint density at radius 1 is 0.967 bits per heavy atom. The molecule has 5 N–H and O–H groups in total. The maximum Gasteiger partial charge on any atom is 0.329 e. The summed E-state index contributed by atoms with van der Waals surface area (Å²) in [5, 5.41) is 40.5. The van der Waals surface area contributed by atoms with Gasteiger partial charge in [0.15, 0.2) is 23.0 Å². The molecule has 0 radical (unpaired) electrons. The first-order valence-corrected chi connectivity index (χ1v) is 9.19. The van der Waals surface area contributed by atoms with Gasteiger partial charge < -0.3 is 30.5 Å². The molecule has 30 heavy (non-hydrogen) atoms. The molecule has 1 amide bonds. The minimum atomic E-state index is -1.04. The van der Waals surface area contributed by atoms with Gasteiger partial charge in [-0.1, -0.05) is 12.1 Å². The van der Waals surface area contributed by atoms with Crippen molar-refractivity contribution < 1.29 is 34.8 Å². The van der Waals surface area contributed by atoms with Crippen LogP contribution in [-0.4, -0.2) is 43.9 Å². The number of rotatable bonds is 6. The quantitative estimate of drug-likeness (QED) is 0.278. The van der Waals surface area contributed by atoms with Crippen LogP contribution < -0.4 is 5.32 Å². The normalized spacial score (nSPS) is 12.5. The van der Waals surface area contributed by atoms with E-state index in [1.165, 1.54) is 48.6 Å². The summed E-state index contributed by atoms with van der Waals surface area (Å²) in [6.07, 6.45) is 2.62. The number of benzene rings is 2. The minimum Gasteiger partial charge on any atom is -0.504 e. The van der Waals surface area contributed by atoms with Gasteiger partial charge in [0, 0.05) is 12.5 Å². The van der Waals surface area contributed by atoms with Crippen molar-refractivity contribution in [3.8, 4) is 23.0 Å². The predicted octanol–water partition coefficient (Wildman–Crippen LogP) is 2.59. The lowest BCUT2D eigenvalue weighted by atomic mass is 10.0. The van der Waals surface area contributed by atoms with Crippen molar-refractivity contribution in [1.29, 1.82) is 0 Å². The Hall–Kier alpha value is -3.68. The van der Waals surface area contributed by atoms with Crippen molar-refractivity contribution in [2.75, 3.05) is 0 Å². The van der Waals surface area contributed by atoms with Gasteiger partial charge in [-0.15, -0.1) is 0 Å². The number of carbonyl (C=O) groups is 2. The smallest absolute Gasteiger partial charge is 0.329 e. The van der Waals surface area contributed by atoms with Crippen LogP contribution in [0.3, 0.4) is 0 Å². The summed E-state index contributed by atoms with van der Waals surface area (Å²) in [7, 11) is 0. The zero-order valence-electron chi connectivity index (χ0n) is 16.9. The average Bonchev–Trinajstić information content (AvgIpc) is 2.63. The fourth-order valence-electron chi connectivity index (χ4n) is 2.53. The van der Waals surface area contributed by atoms with E-state index in [0.29, 0.717) is 11.1 Å². The van der Waals surface area contributed by atoms with E-state index in [9.17, 15) is 30.0 Å². The van der Waals surface area contributed by atoms with Crippen LogP contribution in [0.1, 0.15) is 31.9 Å². The molecule has 0 aliphatic heterocycles. The van der Waals surface area contributed by atoms with E-state index in [1.807, 2.05) is 0 Å². The summed E-state index contributed by atoms with van der Waals surface area (Å²) >= 11 is 0. The molecule has 0 fully saturated rings. The molecule has 0 bridgehead atoms. The number of esters is 1. The van der Waals surface area contributed by atoms with E-state index in [-0.39, 0.29) is 29.4 Å². The molecule has 1 unspecified atom stereocenters. The first-order valence-electron chi connectivity index (χ1n) is 9.19. The number of phenols is 4. The van der Waals surface area contributed by atoms with Crippen LogP contribution in [0, 0.1) is 0 Å². The highest BCUT2D eigenvalue weighted by Crippen LogP contribution is 2.26. The molecule has 160 valence electrons. The highest BCUT2D eigenvalue weighted by molar-refractivity contribution is 5.94. The van der Waals surface area contributed by atoms with Crippen molar-refractivity contribution >= 4 is 18.0 Å². The summed E-state index contributed by atoms with van der Waals surface area (Å²) < 4.78 is 5.37. The lowest BCUT2D eigenvalue weighted by Gasteiger charge is -2.24. The summed E-state index contributed by atoms with van der Waals surface area (Å²) in [6, 6.07) is 7.14. The van der Waals surface area contributed by atoms with Gasteiger partial charge in [-0.25, -0.2) is 4.79 Å². The van der Waals surface area contributed by atoms with Crippen LogP contribution in [0.15, 0.2) is 42.5 Å². The van der Waals surface area contributed by atoms with Crippen LogP contribution in [0.25, 0.3) is 6.08 Å². The minimum absolute atomic E-state index is 0.0301. The molecule has 8 nitrogen and oxygen atoms in total. The van der Waals surface area contributed by atoms with Gasteiger partial charge in [-0.05, 0) is 62.2 Å². The van der Waals surface area contributed by atoms with Crippen molar-refractivity contribution in [2.45, 2.75) is 38.8 Å². The molecule has 2 aromatic carbocycles. The van der Waals surface area contributed by atoms with Crippen molar-refractivity contribution in [3.63, 3.8) is 0 Å². The fourth-order valence-corrected chi connectivity index (χ4v) is 2.53. The first kappa shape index (κ1) is 22.6. The van der Waals surface area contributed by atoms with E-state index in [1.54, 1.807) is 20.8 Å². The Morgan fingerprint density at radius 3 is 2.13 bits per heavy atom. The second-order valence-electron chi connectivity index (χ2n) is 7.70. The van der Waals surface area contributed by atoms with Crippen molar-refractivity contribution in [2.24, 2.45) is 0 Å². The molecule has 0 spiro atoms. The number of phenolic OH excluding ortho intramolecular Hbond substituents is 4. The van der Waals surface area contributed by atoms with Gasteiger partial charge in [0.25, 0.3) is 0 Å². The topological polar surface area (TPSA) is 136 Å². The number of nitrogens with one attached hydrogen (secondary N) is 1. The maximum atomic E-state index is 12.6. The van der Waals surface area contributed by atoms with Crippen LogP contribution in [0.4, 0.5) is 0 Å². The number of aromatic hydroxyl groups is 4. The summed E-state index contributed by atoms with van der Waals surface area (Å²) in [5.74, 6) is -2.47. The summed E-state index contributed by atoms with van der Waals surface area (Å²) in [5.41, 5.74) is 0.211. The van der Waals surface area contributed by atoms with Gasteiger partial charge in [0.2, 0.25) is 5.91 Å². The van der Waals surface area contributed by atoms with Crippen molar-refractivity contribution in [1.82, 2.24) is 5.32 Å². The van der Waals surface area contributed by atoms with E-state index >= 15 is 0 Å². The van der Waals surface area contributed by atoms with Crippen LogP contribution in [-0.2, 0) is 20.7 Å². The summed E-state index contributed by atoms with van der Waals surface area (Å²) in [4.78, 5) is 24.9. The first-order chi connectivity index (χ1) is 13.9. The lowest BCUT2D eigenvalue weighted by Crippen LogP contribution is -2.45. The molecule has 2 aromatic rings. The molecule has 2 rings (SSSR count). The van der Waals surface area contributed by atoms with Gasteiger partial charge in [-0.3, -0.25) is 4.79 Å². The highest BCUT2D eigenvalue weighted by atomic mass is 16.6. The van der Waals surface area contributed by atoms with E-state index < -0.39 is 23.5 Å². The third kappa shape index (κ3) is 6.73. The monoisotopic (exact) mass is 415 g/mol. The standard InChI is InChI=1S/C22H25NO7/c1-22(2,3)30-21(29)15(10-14-5-8-17(25)19(27)12-14)23-20(28)9-6-13-4-7-16(24)18(26)11-13/h4-9,11-12,15,24-27H,10H2,1-3H3,(H,23,28). The molecular weight excluding hydrogens is 390 g/mol. The molecule has 0 heterocycles. The van der Waals surface area contributed by atoms with E-state index in [2.05, 4.69) is 5.32 Å². The predicted molar refractivity (Wildman–Crippen MR) is 110 cm³/mol. The fraction of sp³-hybridized carbons (Fsp3) is 0.273.